The number of hydrogen-bond acceptors (Lipinski definition) is 4. The Bertz CT molecular complexity index is 393. The fourth-order valence-electron chi connectivity index (χ4n) is 2.33. The van der Waals surface area contributed by atoms with Crippen LogP contribution < -0.4 is 10.6 Å². The zero-order valence-electron chi connectivity index (χ0n) is 11.0. The zero-order valence-corrected chi connectivity index (χ0v) is 11.0. The summed E-state index contributed by atoms with van der Waals surface area (Å²) in [7, 11) is 0. The van der Waals surface area contributed by atoms with Gasteiger partial charge >= 0.3 is 0 Å². The molecule has 1 aliphatic heterocycles. The number of hydrogen-bond donors (Lipinski definition) is 2. The van der Waals surface area contributed by atoms with E-state index in [1.165, 1.54) is 0 Å². The highest BCUT2D eigenvalue weighted by Gasteiger charge is 2.21. The molecule has 0 aliphatic carbocycles. The van der Waals surface area contributed by atoms with Crippen LogP contribution in [0.2, 0.25) is 0 Å². The van der Waals surface area contributed by atoms with E-state index < -0.39 is 0 Å². The molecule has 1 unspecified atom stereocenters. The SMILES string of the molecule is CCC(CC)c1cc(C(=O)NC2CCNC2)on1. The fraction of sp³-hybridized carbons (Fsp3) is 0.692. The molecule has 1 amide bonds. The average molecular weight is 251 g/mol. The van der Waals surface area contributed by atoms with Gasteiger partial charge in [0.25, 0.3) is 5.91 Å². The minimum Gasteiger partial charge on any atom is -0.351 e. The van der Waals surface area contributed by atoms with Gasteiger partial charge in [-0.3, -0.25) is 4.79 Å². The molecule has 0 bridgehead atoms. The molecular formula is C13H21N3O2. The van der Waals surface area contributed by atoms with Crippen LogP contribution in [0.4, 0.5) is 0 Å². The maximum absolute atomic E-state index is 11.9. The Labute approximate surface area is 107 Å². The molecule has 1 saturated heterocycles. The topological polar surface area (TPSA) is 67.2 Å². The molecule has 1 aliphatic rings. The van der Waals surface area contributed by atoms with Gasteiger partial charge < -0.3 is 15.2 Å². The van der Waals surface area contributed by atoms with Crippen LogP contribution in [0.25, 0.3) is 0 Å². The van der Waals surface area contributed by atoms with Gasteiger partial charge in [0.15, 0.2) is 0 Å². The van der Waals surface area contributed by atoms with Crippen molar-refractivity contribution in [2.45, 2.75) is 45.1 Å². The molecule has 1 aromatic rings. The number of carbonyl (C=O) groups excluding carboxylic acids is 1. The van der Waals surface area contributed by atoms with Gasteiger partial charge in [-0.25, -0.2) is 0 Å². The lowest BCUT2D eigenvalue weighted by molar-refractivity contribution is 0.0902. The van der Waals surface area contributed by atoms with Gasteiger partial charge in [0, 0.05) is 24.6 Å². The molecular weight excluding hydrogens is 230 g/mol. The minimum absolute atomic E-state index is 0.159. The van der Waals surface area contributed by atoms with Crippen LogP contribution in [0, 0.1) is 0 Å². The van der Waals surface area contributed by atoms with Crippen LogP contribution in [-0.4, -0.2) is 30.2 Å². The van der Waals surface area contributed by atoms with Crippen molar-refractivity contribution >= 4 is 5.91 Å². The molecule has 100 valence electrons. The molecule has 2 rings (SSSR count). The third-order valence-corrected chi connectivity index (χ3v) is 3.55. The van der Waals surface area contributed by atoms with Crippen molar-refractivity contribution in [3.05, 3.63) is 17.5 Å². The van der Waals surface area contributed by atoms with E-state index in [1.54, 1.807) is 6.07 Å². The van der Waals surface area contributed by atoms with Crippen LogP contribution in [0.3, 0.4) is 0 Å². The minimum atomic E-state index is -0.159. The molecule has 1 atom stereocenters. The van der Waals surface area contributed by atoms with Crippen molar-refractivity contribution < 1.29 is 9.32 Å². The second-order valence-corrected chi connectivity index (χ2v) is 4.79. The molecule has 0 aromatic carbocycles. The van der Waals surface area contributed by atoms with Crippen LogP contribution in [0.15, 0.2) is 10.6 Å². The first-order valence-electron chi connectivity index (χ1n) is 6.72. The average Bonchev–Trinajstić information content (AvgIpc) is 3.01. The summed E-state index contributed by atoms with van der Waals surface area (Å²) in [6.07, 6.45) is 2.99. The van der Waals surface area contributed by atoms with Crippen LogP contribution in [-0.2, 0) is 0 Å². The summed E-state index contributed by atoms with van der Waals surface area (Å²) < 4.78 is 5.14. The molecule has 0 spiro atoms. The first-order chi connectivity index (χ1) is 8.74. The van der Waals surface area contributed by atoms with Crippen LogP contribution >= 0.6 is 0 Å². The molecule has 5 heteroatoms. The highest BCUT2D eigenvalue weighted by Crippen LogP contribution is 2.22. The van der Waals surface area contributed by atoms with E-state index in [4.69, 9.17) is 4.52 Å². The molecule has 18 heavy (non-hydrogen) atoms. The van der Waals surface area contributed by atoms with E-state index in [1.807, 2.05) is 0 Å². The summed E-state index contributed by atoms with van der Waals surface area (Å²) in [6, 6.07) is 1.98. The maximum Gasteiger partial charge on any atom is 0.290 e. The molecule has 0 saturated carbocycles. The van der Waals surface area contributed by atoms with Crippen LogP contribution in [0.5, 0.6) is 0 Å². The second kappa shape index (κ2) is 6.00. The third kappa shape index (κ3) is 2.90. The Morgan fingerprint density at radius 3 is 3.00 bits per heavy atom. The number of rotatable bonds is 5. The highest BCUT2D eigenvalue weighted by atomic mass is 16.5. The molecule has 1 fully saturated rings. The first-order valence-corrected chi connectivity index (χ1v) is 6.72. The van der Waals surface area contributed by atoms with Gasteiger partial charge in [0.1, 0.15) is 0 Å². The molecule has 2 N–H and O–H groups in total. The summed E-state index contributed by atoms with van der Waals surface area (Å²) in [5.41, 5.74) is 0.884. The Balaban J connectivity index is 1.98. The summed E-state index contributed by atoms with van der Waals surface area (Å²) in [6.45, 7) is 6.03. The Kier molecular flexibility index (Phi) is 4.36. The van der Waals surface area contributed by atoms with Crippen molar-refractivity contribution in [2.75, 3.05) is 13.1 Å². The molecule has 2 heterocycles. The molecule has 0 radical (unpaired) electrons. The normalized spacial score (nSPS) is 19.4. The zero-order chi connectivity index (χ0) is 13.0. The molecule has 1 aromatic heterocycles. The predicted molar refractivity (Wildman–Crippen MR) is 68.6 cm³/mol. The number of amides is 1. The Hall–Kier alpha value is -1.36. The smallest absolute Gasteiger partial charge is 0.290 e. The fourth-order valence-corrected chi connectivity index (χ4v) is 2.33. The van der Waals surface area contributed by atoms with E-state index >= 15 is 0 Å². The first kappa shape index (κ1) is 13.1. The summed E-state index contributed by atoms with van der Waals surface area (Å²) in [5.74, 6) is 0.542. The number of aromatic nitrogens is 1. The lowest BCUT2D eigenvalue weighted by Gasteiger charge is -2.08. The Morgan fingerprint density at radius 1 is 1.61 bits per heavy atom. The summed E-state index contributed by atoms with van der Waals surface area (Å²) in [4.78, 5) is 11.9. The van der Waals surface area contributed by atoms with Crippen LogP contribution in [0.1, 0.15) is 55.3 Å². The quantitative estimate of drug-likeness (QED) is 0.835. The summed E-state index contributed by atoms with van der Waals surface area (Å²) in [5, 5.41) is 10.2. The van der Waals surface area contributed by atoms with E-state index in [-0.39, 0.29) is 11.9 Å². The largest absolute Gasteiger partial charge is 0.351 e. The van der Waals surface area contributed by atoms with Crippen molar-refractivity contribution in [2.24, 2.45) is 0 Å². The standard InChI is InChI=1S/C13H21N3O2/c1-3-9(4-2)11-7-12(18-16-11)13(17)15-10-5-6-14-8-10/h7,9-10,14H,3-6,8H2,1-2H3,(H,15,17). The second-order valence-electron chi connectivity index (χ2n) is 4.79. The van der Waals surface area contributed by atoms with Gasteiger partial charge in [-0.2, -0.15) is 0 Å². The number of nitrogens with one attached hydrogen (secondary N) is 2. The van der Waals surface area contributed by atoms with Gasteiger partial charge in [-0.1, -0.05) is 19.0 Å². The van der Waals surface area contributed by atoms with Crippen molar-refractivity contribution in [1.29, 1.82) is 0 Å². The van der Waals surface area contributed by atoms with E-state index in [2.05, 4.69) is 29.6 Å². The van der Waals surface area contributed by atoms with Gasteiger partial charge in [-0.15, -0.1) is 0 Å². The Morgan fingerprint density at radius 2 is 2.39 bits per heavy atom. The molecule has 5 nitrogen and oxygen atoms in total. The maximum atomic E-state index is 11.9. The lowest BCUT2D eigenvalue weighted by atomic mass is 9.99. The van der Waals surface area contributed by atoms with Crippen molar-refractivity contribution in [1.82, 2.24) is 15.8 Å². The predicted octanol–water partition coefficient (Wildman–Crippen LogP) is 1.67. The van der Waals surface area contributed by atoms with Crippen molar-refractivity contribution in [3.8, 4) is 0 Å². The van der Waals surface area contributed by atoms with E-state index in [0.29, 0.717) is 11.7 Å². The van der Waals surface area contributed by atoms with E-state index in [9.17, 15) is 4.79 Å². The monoisotopic (exact) mass is 251 g/mol. The summed E-state index contributed by atoms with van der Waals surface area (Å²) >= 11 is 0. The highest BCUT2D eigenvalue weighted by molar-refractivity contribution is 5.91. The third-order valence-electron chi connectivity index (χ3n) is 3.55. The van der Waals surface area contributed by atoms with Gasteiger partial charge in [-0.05, 0) is 25.8 Å². The van der Waals surface area contributed by atoms with Gasteiger partial charge in [0.2, 0.25) is 5.76 Å². The van der Waals surface area contributed by atoms with E-state index in [0.717, 1.165) is 38.0 Å². The lowest BCUT2D eigenvalue weighted by Crippen LogP contribution is -2.36. The van der Waals surface area contributed by atoms with Gasteiger partial charge in [0.05, 0.1) is 5.69 Å². The number of nitrogens with zero attached hydrogens (tertiary/aromatic N) is 1. The van der Waals surface area contributed by atoms with Crippen molar-refractivity contribution in [3.63, 3.8) is 0 Å². The number of carbonyl (C=O) groups is 1.